The third kappa shape index (κ3) is 4.79. The Bertz CT molecular complexity index is 1520. The van der Waals surface area contributed by atoms with Crippen LogP contribution >= 0.6 is 0 Å². The molecule has 6 nitrogen and oxygen atoms in total. The average molecular weight is 477 g/mol. The fraction of sp³-hybridized carbons (Fsp3) is 0.133. The molecule has 36 heavy (non-hydrogen) atoms. The number of hydrogen-bond donors (Lipinski definition) is 2. The van der Waals surface area contributed by atoms with Gasteiger partial charge >= 0.3 is 0 Å². The van der Waals surface area contributed by atoms with Gasteiger partial charge < -0.3 is 19.9 Å². The summed E-state index contributed by atoms with van der Waals surface area (Å²) >= 11 is 0. The molecular weight excluding hydrogens is 448 g/mol. The first-order valence-electron chi connectivity index (χ1n) is 11.9. The predicted octanol–water partition coefficient (Wildman–Crippen LogP) is 6.94. The van der Waals surface area contributed by atoms with E-state index in [1.165, 1.54) is 0 Å². The lowest BCUT2D eigenvalue weighted by molar-refractivity contribution is 0.102. The highest BCUT2D eigenvalue weighted by Crippen LogP contribution is 2.32. The number of pyridine rings is 1. The molecule has 0 saturated heterocycles. The van der Waals surface area contributed by atoms with Gasteiger partial charge in [-0.2, -0.15) is 0 Å². The number of anilines is 3. The van der Waals surface area contributed by atoms with Crippen LogP contribution in [0.25, 0.3) is 22.0 Å². The molecule has 5 rings (SSSR count). The van der Waals surface area contributed by atoms with E-state index in [0.717, 1.165) is 44.7 Å². The summed E-state index contributed by atoms with van der Waals surface area (Å²) in [5, 5.41) is 7.53. The van der Waals surface area contributed by atoms with Gasteiger partial charge in [0.15, 0.2) is 0 Å². The Hall–Kier alpha value is -4.58. The van der Waals surface area contributed by atoms with Crippen LogP contribution in [0.5, 0.6) is 5.88 Å². The number of nitrogens with one attached hydrogen (secondary N) is 2. The van der Waals surface area contributed by atoms with Gasteiger partial charge in [-0.05, 0) is 61.9 Å². The maximum absolute atomic E-state index is 13.1. The molecule has 1 amide bonds. The summed E-state index contributed by atoms with van der Waals surface area (Å²) < 4.78 is 7.52. The van der Waals surface area contributed by atoms with Crippen molar-refractivity contribution in [3.8, 4) is 17.0 Å². The number of aryl methyl sites for hydroxylation is 2. The lowest BCUT2D eigenvalue weighted by Gasteiger charge is -2.12. The van der Waals surface area contributed by atoms with Crippen LogP contribution < -0.4 is 15.4 Å². The Balaban J connectivity index is 1.38. The van der Waals surface area contributed by atoms with E-state index in [2.05, 4.69) is 26.4 Å². The van der Waals surface area contributed by atoms with Gasteiger partial charge in [0.05, 0.1) is 12.1 Å². The highest BCUT2D eigenvalue weighted by Gasteiger charge is 2.13. The summed E-state index contributed by atoms with van der Waals surface area (Å²) in [5.41, 5.74) is 7.39. The summed E-state index contributed by atoms with van der Waals surface area (Å²) in [4.78, 5) is 17.5. The molecule has 3 aromatic carbocycles. The molecule has 0 fully saturated rings. The first kappa shape index (κ1) is 23.2. The minimum Gasteiger partial charge on any atom is -0.478 e. The molecule has 2 N–H and O–H groups in total. The molecule has 2 aromatic heterocycles. The van der Waals surface area contributed by atoms with Crippen LogP contribution in [0.1, 0.15) is 22.8 Å². The standard InChI is InChI=1S/C30H28N4O2/c1-4-36-29-15-12-22(18-31-29)26-19-34(3)28-17-24(13-14-25(26)28)33-30(35)21-11-10-20(2)27(16-21)32-23-8-6-5-7-9-23/h5-19,32H,4H2,1-3H3,(H,33,35). The maximum atomic E-state index is 13.1. The first-order chi connectivity index (χ1) is 17.5. The number of nitrogens with zero attached hydrogens (tertiary/aromatic N) is 2. The highest BCUT2D eigenvalue weighted by molar-refractivity contribution is 6.06. The molecule has 0 saturated carbocycles. The summed E-state index contributed by atoms with van der Waals surface area (Å²) in [7, 11) is 2.00. The molecule has 0 unspecified atom stereocenters. The second kappa shape index (κ2) is 9.96. The van der Waals surface area contributed by atoms with Crippen molar-refractivity contribution in [1.29, 1.82) is 0 Å². The molecule has 5 aromatic rings. The number of benzene rings is 3. The monoisotopic (exact) mass is 476 g/mol. The van der Waals surface area contributed by atoms with E-state index >= 15 is 0 Å². The summed E-state index contributed by atoms with van der Waals surface area (Å²) in [6.45, 7) is 4.55. The van der Waals surface area contributed by atoms with Crippen molar-refractivity contribution < 1.29 is 9.53 Å². The zero-order valence-electron chi connectivity index (χ0n) is 20.6. The van der Waals surface area contributed by atoms with Crippen molar-refractivity contribution in [1.82, 2.24) is 9.55 Å². The molecular formula is C30H28N4O2. The van der Waals surface area contributed by atoms with Gasteiger partial charge in [-0.3, -0.25) is 4.79 Å². The Morgan fingerprint density at radius 1 is 0.972 bits per heavy atom. The van der Waals surface area contributed by atoms with Gasteiger partial charge in [-0.15, -0.1) is 0 Å². The molecule has 0 aliphatic heterocycles. The van der Waals surface area contributed by atoms with Crippen molar-refractivity contribution in [2.45, 2.75) is 13.8 Å². The lowest BCUT2D eigenvalue weighted by atomic mass is 10.1. The van der Waals surface area contributed by atoms with Crippen LogP contribution in [-0.4, -0.2) is 22.1 Å². The number of hydrogen-bond acceptors (Lipinski definition) is 4. The van der Waals surface area contributed by atoms with Crippen molar-refractivity contribution in [2.75, 3.05) is 17.2 Å². The molecule has 0 bridgehead atoms. The quantitative estimate of drug-likeness (QED) is 0.267. The SMILES string of the molecule is CCOc1ccc(-c2cn(C)c3cc(NC(=O)c4ccc(C)c(Nc5ccccc5)c4)ccc23)cn1. The number of ether oxygens (including phenoxy) is 1. The predicted molar refractivity (Wildman–Crippen MR) is 146 cm³/mol. The number of amides is 1. The molecule has 2 heterocycles. The van der Waals surface area contributed by atoms with Crippen LogP contribution in [0, 0.1) is 6.92 Å². The third-order valence-electron chi connectivity index (χ3n) is 6.14. The Morgan fingerprint density at radius 3 is 2.56 bits per heavy atom. The van der Waals surface area contributed by atoms with E-state index in [-0.39, 0.29) is 5.91 Å². The van der Waals surface area contributed by atoms with Crippen LogP contribution in [0.2, 0.25) is 0 Å². The number of fused-ring (bicyclic) bond motifs is 1. The number of carbonyl (C=O) groups excluding carboxylic acids is 1. The molecule has 0 aliphatic rings. The number of para-hydroxylation sites is 1. The van der Waals surface area contributed by atoms with Gasteiger partial charge in [-0.1, -0.05) is 30.3 Å². The van der Waals surface area contributed by atoms with E-state index < -0.39 is 0 Å². The Labute approximate surface area is 210 Å². The normalized spacial score (nSPS) is 10.9. The van der Waals surface area contributed by atoms with Gasteiger partial charge in [0.25, 0.3) is 5.91 Å². The second-order valence-electron chi connectivity index (χ2n) is 8.68. The number of carbonyl (C=O) groups is 1. The van der Waals surface area contributed by atoms with E-state index in [9.17, 15) is 4.79 Å². The molecule has 0 radical (unpaired) electrons. The zero-order valence-corrected chi connectivity index (χ0v) is 20.6. The molecule has 0 atom stereocenters. The van der Waals surface area contributed by atoms with E-state index in [4.69, 9.17) is 4.74 Å². The van der Waals surface area contributed by atoms with E-state index in [1.807, 2.05) is 106 Å². The second-order valence-corrected chi connectivity index (χ2v) is 8.68. The number of rotatable bonds is 7. The minimum absolute atomic E-state index is 0.157. The van der Waals surface area contributed by atoms with Gasteiger partial charge in [0, 0.05) is 64.6 Å². The number of aromatic nitrogens is 2. The van der Waals surface area contributed by atoms with Crippen molar-refractivity contribution in [2.24, 2.45) is 7.05 Å². The third-order valence-corrected chi connectivity index (χ3v) is 6.14. The Morgan fingerprint density at radius 2 is 1.81 bits per heavy atom. The average Bonchev–Trinajstić information content (AvgIpc) is 3.22. The molecule has 6 heteroatoms. The molecule has 0 spiro atoms. The minimum atomic E-state index is -0.157. The Kier molecular flexibility index (Phi) is 6.41. The van der Waals surface area contributed by atoms with Gasteiger partial charge in [0.1, 0.15) is 0 Å². The maximum Gasteiger partial charge on any atom is 0.255 e. The smallest absolute Gasteiger partial charge is 0.255 e. The summed E-state index contributed by atoms with van der Waals surface area (Å²) in [5.74, 6) is 0.459. The topological polar surface area (TPSA) is 68.2 Å². The van der Waals surface area contributed by atoms with Gasteiger partial charge in [-0.25, -0.2) is 4.98 Å². The van der Waals surface area contributed by atoms with E-state index in [0.29, 0.717) is 18.1 Å². The van der Waals surface area contributed by atoms with Crippen LogP contribution in [-0.2, 0) is 7.05 Å². The van der Waals surface area contributed by atoms with Crippen LogP contribution in [0.4, 0.5) is 17.1 Å². The zero-order chi connectivity index (χ0) is 25.1. The van der Waals surface area contributed by atoms with Gasteiger partial charge in [0.2, 0.25) is 5.88 Å². The van der Waals surface area contributed by atoms with Crippen molar-refractivity contribution >= 4 is 33.9 Å². The summed E-state index contributed by atoms with van der Waals surface area (Å²) in [6.07, 6.45) is 3.91. The lowest BCUT2D eigenvalue weighted by Crippen LogP contribution is -2.12. The van der Waals surface area contributed by atoms with Crippen molar-refractivity contribution in [3.63, 3.8) is 0 Å². The largest absolute Gasteiger partial charge is 0.478 e. The van der Waals surface area contributed by atoms with Crippen LogP contribution in [0.15, 0.2) is 91.3 Å². The fourth-order valence-corrected chi connectivity index (χ4v) is 4.24. The molecule has 0 aliphatic carbocycles. The fourth-order valence-electron chi connectivity index (χ4n) is 4.24. The van der Waals surface area contributed by atoms with Crippen molar-refractivity contribution in [3.05, 3.63) is 102 Å². The molecule has 180 valence electrons. The first-order valence-corrected chi connectivity index (χ1v) is 11.9. The summed E-state index contributed by atoms with van der Waals surface area (Å²) in [6, 6.07) is 25.5. The highest BCUT2D eigenvalue weighted by atomic mass is 16.5. The van der Waals surface area contributed by atoms with E-state index in [1.54, 1.807) is 0 Å². The van der Waals surface area contributed by atoms with Crippen LogP contribution in [0.3, 0.4) is 0 Å².